The summed E-state index contributed by atoms with van der Waals surface area (Å²) in [5.74, 6) is 2.21. The molecular weight excluding hydrogens is 364 g/mol. The summed E-state index contributed by atoms with van der Waals surface area (Å²) in [5.41, 5.74) is 0. The Labute approximate surface area is 189 Å². The maximum Gasteiger partial charge on any atom is 0.257 e. The van der Waals surface area contributed by atoms with E-state index in [1.165, 1.54) is 128 Å². The highest BCUT2D eigenvalue weighted by molar-refractivity contribution is 4.90. The van der Waals surface area contributed by atoms with E-state index in [-0.39, 0.29) is 0 Å². The number of aromatic amines is 1. The summed E-state index contributed by atoms with van der Waals surface area (Å²) in [5, 5.41) is 0. The zero-order valence-corrected chi connectivity index (χ0v) is 21.2. The third kappa shape index (κ3) is 12.2. The van der Waals surface area contributed by atoms with E-state index in [4.69, 9.17) is 0 Å². The van der Waals surface area contributed by atoms with Crippen LogP contribution in [0, 0.1) is 0 Å². The van der Waals surface area contributed by atoms with Crippen molar-refractivity contribution in [1.82, 2.24) is 4.98 Å². The molecule has 0 aliphatic heterocycles. The molecule has 1 N–H and O–H groups in total. The number of nitrogens with zero attached hydrogens (tertiary/aromatic N) is 1. The SMILES string of the molecule is CCCCCCCCCCCC(CCC)c1[nH]cc[n+]1C(C)CCCCCCCC. The fourth-order valence-corrected chi connectivity index (χ4v) is 4.90. The molecule has 0 bridgehead atoms. The Balaban J connectivity index is 2.35. The molecule has 0 saturated carbocycles. The Morgan fingerprint density at radius 2 is 1.13 bits per heavy atom. The van der Waals surface area contributed by atoms with E-state index in [2.05, 4.69) is 49.6 Å². The largest absolute Gasteiger partial charge is 0.257 e. The Morgan fingerprint density at radius 1 is 0.633 bits per heavy atom. The molecule has 176 valence electrons. The van der Waals surface area contributed by atoms with Gasteiger partial charge in [-0.2, -0.15) is 0 Å². The number of imidazole rings is 1. The first-order valence-corrected chi connectivity index (χ1v) is 13.8. The van der Waals surface area contributed by atoms with Crippen molar-refractivity contribution in [2.75, 3.05) is 0 Å². The zero-order valence-electron chi connectivity index (χ0n) is 21.2. The molecule has 0 aliphatic rings. The fourth-order valence-electron chi connectivity index (χ4n) is 4.90. The maximum absolute atomic E-state index is 3.63. The predicted octanol–water partition coefficient (Wildman–Crippen LogP) is 9.42. The Kier molecular flexibility index (Phi) is 17.2. The second-order valence-corrected chi connectivity index (χ2v) is 9.76. The molecule has 0 aromatic carbocycles. The van der Waals surface area contributed by atoms with Crippen molar-refractivity contribution >= 4 is 0 Å². The first-order chi connectivity index (χ1) is 14.7. The van der Waals surface area contributed by atoms with Crippen LogP contribution in [-0.4, -0.2) is 4.98 Å². The molecule has 2 heteroatoms. The van der Waals surface area contributed by atoms with Gasteiger partial charge < -0.3 is 0 Å². The minimum absolute atomic E-state index is 0.625. The second-order valence-electron chi connectivity index (χ2n) is 9.76. The number of hydrogen-bond acceptors (Lipinski definition) is 0. The van der Waals surface area contributed by atoms with Crippen LogP contribution in [0.3, 0.4) is 0 Å². The minimum atomic E-state index is 0.625. The third-order valence-electron chi connectivity index (χ3n) is 6.87. The number of aromatic nitrogens is 2. The van der Waals surface area contributed by atoms with Crippen molar-refractivity contribution < 1.29 is 4.57 Å². The molecule has 0 aliphatic carbocycles. The van der Waals surface area contributed by atoms with Gasteiger partial charge in [0.1, 0.15) is 12.4 Å². The number of hydrogen-bond donors (Lipinski definition) is 1. The van der Waals surface area contributed by atoms with Gasteiger partial charge in [0.05, 0.1) is 12.0 Å². The van der Waals surface area contributed by atoms with Gasteiger partial charge in [-0.25, -0.2) is 9.55 Å². The normalized spacial score (nSPS) is 13.6. The van der Waals surface area contributed by atoms with Crippen LogP contribution in [0.15, 0.2) is 12.4 Å². The standard InChI is InChI=1S/C28H54N2/c1-5-8-10-12-14-15-16-18-20-23-27(21-7-3)28-29-24-25-30(28)26(4)22-19-17-13-11-9-6-2/h24-27H,5-23H2,1-4H3/p+1. The lowest BCUT2D eigenvalue weighted by Crippen LogP contribution is -2.41. The van der Waals surface area contributed by atoms with E-state index in [1.807, 2.05) is 0 Å². The van der Waals surface area contributed by atoms with E-state index < -0.39 is 0 Å². The van der Waals surface area contributed by atoms with Crippen LogP contribution in [0.4, 0.5) is 0 Å². The number of nitrogens with one attached hydrogen (secondary N) is 1. The van der Waals surface area contributed by atoms with Crippen LogP contribution < -0.4 is 4.57 Å². The molecule has 1 heterocycles. The van der Waals surface area contributed by atoms with Crippen LogP contribution in [0.2, 0.25) is 0 Å². The van der Waals surface area contributed by atoms with Gasteiger partial charge in [0, 0.05) is 0 Å². The first kappa shape index (κ1) is 27.2. The highest BCUT2D eigenvalue weighted by atomic mass is 15.1. The zero-order chi connectivity index (χ0) is 21.9. The van der Waals surface area contributed by atoms with Gasteiger partial charge in [-0.1, -0.05) is 117 Å². The summed E-state index contributed by atoms with van der Waals surface area (Å²) in [6.45, 7) is 9.37. The van der Waals surface area contributed by atoms with Gasteiger partial charge in [0.2, 0.25) is 0 Å². The Bertz CT molecular complexity index is 479. The van der Waals surface area contributed by atoms with Crippen LogP contribution in [-0.2, 0) is 0 Å². The van der Waals surface area contributed by atoms with Gasteiger partial charge in [-0.05, 0) is 32.6 Å². The fraction of sp³-hybridized carbons (Fsp3) is 0.893. The van der Waals surface area contributed by atoms with E-state index in [0.717, 1.165) is 0 Å². The molecule has 1 aromatic rings. The molecule has 0 radical (unpaired) electrons. The molecule has 1 aromatic heterocycles. The van der Waals surface area contributed by atoms with Crippen molar-refractivity contribution in [3.8, 4) is 0 Å². The Hall–Kier alpha value is -0.790. The molecule has 0 spiro atoms. The smallest absolute Gasteiger partial charge is 0.247 e. The summed E-state index contributed by atoms with van der Waals surface area (Å²) in [4.78, 5) is 3.63. The first-order valence-electron chi connectivity index (χ1n) is 13.8. The Morgan fingerprint density at radius 3 is 1.67 bits per heavy atom. The lowest BCUT2D eigenvalue weighted by Gasteiger charge is -2.16. The van der Waals surface area contributed by atoms with Crippen molar-refractivity contribution in [1.29, 1.82) is 0 Å². The molecule has 30 heavy (non-hydrogen) atoms. The van der Waals surface area contributed by atoms with Gasteiger partial charge in [0.25, 0.3) is 5.82 Å². The summed E-state index contributed by atoms with van der Waals surface area (Å²) in [6.07, 6.45) is 30.9. The molecule has 0 saturated heterocycles. The molecule has 2 nitrogen and oxygen atoms in total. The minimum Gasteiger partial charge on any atom is -0.247 e. The van der Waals surface area contributed by atoms with E-state index in [1.54, 1.807) is 0 Å². The van der Waals surface area contributed by atoms with Crippen LogP contribution in [0.5, 0.6) is 0 Å². The molecule has 2 atom stereocenters. The third-order valence-corrected chi connectivity index (χ3v) is 6.87. The van der Waals surface area contributed by atoms with Crippen molar-refractivity contribution in [3.05, 3.63) is 18.2 Å². The lowest BCUT2D eigenvalue weighted by atomic mass is 9.94. The molecule has 0 amide bonds. The topological polar surface area (TPSA) is 19.7 Å². The predicted molar refractivity (Wildman–Crippen MR) is 133 cm³/mol. The molecular formula is C28H55N2+. The van der Waals surface area contributed by atoms with Crippen LogP contribution in [0.1, 0.15) is 167 Å². The average Bonchev–Trinajstić information content (AvgIpc) is 3.24. The second kappa shape index (κ2) is 18.9. The van der Waals surface area contributed by atoms with Gasteiger partial charge >= 0.3 is 0 Å². The summed E-state index contributed by atoms with van der Waals surface area (Å²) >= 11 is 0. The summed E-state index contributed by atoms with van der Waals surface area (Å²) in [7, 11) is 0. The highest BCUT2D eigenvalue weighted by Crippen LogP contribution is 2.26. The molecule has 0 fully saturated rings. The maximum atomic E-state index is 3.63. The average molecular weight is 420 g/mol. The molecule has 1 rings (SSSR count). The number of H-pyrrole nitrogens is 1. The van der Waals surface area contributed by atoms with Crippen molar-refractivity contribution in [2.45, 2.75) is 162 Å². The summed E-state index contributed by atoms with van der Waals surface area (Å²) in [6, 6.07) is 0.625. The van der Waals surface area contributed by atoms with Gasteiger partial charge in [0.15, 0.2) is 0 Å². The van der Waals surface area contributed by atoms with E-state index >= 15 is 0 Å². The molecule has 2 unspecified atom stereocenters. The highest BCUT2D eigenvalue weighted by Gasteiger charge is 2.24. The van der Waals surface area contributed by atoms with Crippen LogP contribution >= 0.6 is 0 Å². The van der Waals surface area contributed by atoms with Crippen LogP contribution in [0.25, 0.3) is 0 Å². The van der Waals surface area contributed by atoms with E-state index in [0.29, 0.717) is 12.0 Å². The lowest BCUT2D eigenvalue weighted by molar-refractivity contribution is -0.727. The monoisotopic (exact) mass is 419 g/mol. The van der Waals surface area contributed by atoms with Crippen molar-refractivity contribution in [2.24, 2.45) is 0 Å². The summed E-state index contributed by atoms with van der Waals surface area (Å²) < 4.78 is 2.57. The van der Waals surface area contributed by atoms with E-state index in [9.17, 15) is 0 Å². The van der Waals surface area contributed by atoms with Crippen molar-refractivity contribution in [3.63, 3.8) is 0 Å². The van der Waals surface area contributed by atoms with Gasteiger partial charge in [-0.15, -0.1) is 0 Å². The number of unbranched alkanes of at least 4 members (excludes halogenated alkanes) is 13. The van der Waals surface area contributed by atoms with Gasteiger partial charge in [-0.3, -0.25) is 0 Å². The quantitative estimate of drug-likeness (QED) is 0.151. The number of rotatable bonds is 21.